The highest BCUT2D eigenvalue weighted by Crippen LogP contribution is 2.14. The van der Waals surface area contributed by atoms with Crippen LogP contribution in [0.25, 0.3) is 6.08 Å². The van der Waals surface area contributed by atoms with Crippen molar-refractivity contribution in [1.29, 1.82) is 0 Å². The Hall–Kier alpha value is -1.65. The zero-order valence-corrected chi connectivity index (χ0v) is 9.77. The van der Waals surface area contributed by atoms with E-state index < -0.39 is 5.97 Å². The highest BCUT2D eigenvalue weighted by Gasteiger charge is 2.10. The van der Waals surface area contributed by atoms with E-state index in [2.05, 4.69) is 17.1 Å². The average Bonchev–Trinajstić information content (AvgIpc) is 2.74. The third-order valence-corrected chi connectivity index (χ3v) is 2.16. The minimum Gasteiger partial charge on any atom is -0.463 e. The van der Waals surface area contributed by atoms with Crippen molar-refractivity contribution in [2.45, 2.75) is 33.1 Å². The Morgan fingerprint density at radius 3 is 2.94 bits per heavy atom. The maximum absolute atomic E-state index is 11.0. The summed E-state index contributed by atoms with van der Waals surface area (Å²) in [7, 11) is 0. The van der Waals surface area contributed by atoms with Crippen molar-refractivity contribution >= 4 is 12.0 Å². The van der Waals surface area contributed by atoms with Gasteiger partial charge in [-0.15, -0.1) is 0 Å². The summed E-state index contributed by atoms with van der Waals surface area (Å²) >= 11 is 0. The van der Waals surface area contributed by atoms with Gasteiger partial charge in [0.25, 0.3) is 5.89 Å². The van der Waals surface area contributed by atoms with E-state index in [0.717, 1.165) is 6.42 Å². The second-order valence-corrected chi connectivity index (χ2v) is 3.39. The van der Waals surface area contributed by atoms with E-state index in [1.807, 2.05) is 6.92 Å². The predicted molar refractivity (Wildman–Crippen MR) is 58.7 cm³/mol. The highest BCUT2D eigenvalue weighted by atomic mass is 16.5. The second-order valence-electron chi connectivity index (χ2n) is 3.39. The van der Waals surface area contributed by atoms with E-state index in [0.29, 0.717) is 18.3 Å². The Labute approximate surface area is 94.5 Å². The number of ether oxygens (including phenoxy) is 1. The molecule has 88 valence electrons. The number of rotatable bonds is 5. The zero-order chi connectivity index (χ0) is 12.0. The lowest BCUT2D eigenvalue weighted by Gasteiger charge is -1.98. The molecule has 0 spiro atoms. The number of carbonyl (C=O) groups is 1. The lowest BCUT2D eigenvalue weighted by Crippen LogP contribution is -1.98. The standard InChI is InChI=1S/C11H16N2O3/c1-4-8(3)11-12-9(16-13-11)6-7-10(14)15-5-2/h6-8H,4-5H2,1-3H3/b7-6+. The van der Waals surface area contributed by atoms with Crippen molar-refractivity contribution in [2.75, 3.05) is 6.61 Å². The van der Waals surface area contributed by atoms with Crippen LogP contribution in [-0.2, 0) is 9.53 Å². The molecule has 1 atom stereocenters. The number of nitrogens with zero attached hydrogens (tertiary/aromatic N) is 2. The quantitative estimate of drug-likeness (QED) is 0.566. The van der Waals surface area contributed by atoms with E-state index in [1.54, 1.807) is 6.92 Å². The van der Waals surface area contributed by atoms with Gasteiger partial charge in [0.2, 0.25) is 0 Å². The fourth-order valence-corrected chi connectivity index (χ4v) is 1.03. The van der Waals surface area contributed by atoms with Gasteiger partial charge < -0.3 is 9.26 Å². The first-order valence-corrected chi connectivity index (χ1v) is 5.35. The molecular formula is C11H16N2O3. The van der Waals surface area contributed by atoms with Crippen molar-refractivity contribution in [3.63, 3.8) is 0 Å². The fraction of sp³-hybridized carbons (Fsp3) is 0.545. The molecule has 0 fully saturated rings. The molecule has 0 N–H and O–H groups in total. The van der Waals surface area contributed by atoms with Crippen LogP contribution >= 0.6 is 0 Å². The Morgan fingerprint density at radius 2 is 2.31 bits per heavy atom. The lowest BCUT2D eigenvalue weighted by molar-refractivity contribution is -0.137. The van der Waals surface area contributed by atoms with E-state index in [-0.39, 0.29) is 5.92 Å². The third kappa shape index (κ3) is 3.49. The van der Waals surface area contributed by atoms with Crippen molar-refractivity contribution in [3.05, 3.63) is 17.8 Å². The number of carbonyl (C=O) groups excluding carboxylic acids is 1. The molecule has 0 saturated heterocycles. The molecule has 16 heavy (non-hydrogen) atoms. The minimum atomic E-state index is -0.411. The largest absolute Gasteiger partial charge is 0.463 e. The molecule has 0 aliphatic heterocycles. The van der Waals surface area contributed by atoms with Gasteiger partial charge in [-0.25, -0.2) is 4.79 Å². The molecule has 0 bridgehead atoms. The molecule has 5 heteroatoms. The van der Waals surface area contributed by atoms with E-state index in [9.17, 15) is 4.79 Å². The van der Waals surface area contributed by atoms with Gasteiger partial charge in [-0.05, 0) is 13.3 Å². The number of esters is 1. The summed E-state index contributed by atoms with van der Waals surface area (Å²) in [6, 6.07) is 0. The smallest absolute Gasteiger partial charge is 0.330 e. The monoisotopic (exact) mass is 224 g/mol. The van der Waals surface area contributed by atoms with Gasteiger partial charge in [0.1, 0.15) is 0 Å². The molecule has 1 unspecified atom stereocenters. The highest BCUT2D eigenvalue weighted by molar-refractivity contribution is 5.86. The molecule has 5 nitrogen and oxygen atoms in total. The topological polar surface area (TPSA) is 65.2 Å². The minimum absolute atomic E-state index is 0.258. The van der Waals surface area contributed by atoms with Crippen LogP contribution in [0, 0.1) is 0 Å². The molecular weight excluding hydrogens is 208 g/mol. The number of hydrogen-bond acceptors (Lipinski definition) is 5. The first kappa shape index (κ1) is 12.4. The molecule has 1 rings (SSSR count). The first-order valence-electron chi connectivity index (χ1n) is 5.35. The van der Waals surface area contributed by atoms with E-state index in [1.165, 1.54) is 12.2 Å². The van der Waals surface area contributed by atoms with E-state index in [4.69, 9.17) is 9.26 Å². The summed E-state index contributed by atoms with van der Waals surface area (Å²) in [5.74, 6) is 0.827. The summed E-state index contributed by atoms with van der Waals surface area (Å²) in [6.45, 7) is 6.17. The van der Waals surface area contributed by atoms with Crippen LogP contribution in [0.15, 0.2) is 10.6 Å². The number of hydrogen-bond donors (Lipinski definition) is 0. The van der Waals surface area contributed by atoms with Crippen LogP contribution < -0.4 is 0 Å². The van der Waals surface area contributed by atoms with Crippen LogP contribution in [0.3, 0.4) is 0 Å². The van der Waals surface area contributed by atoms with Crippen LogP contribution in [0.5, 0.6) is 0 Å². The molecule has 0 aliphatic rings. The zero-order valence-electron chi connectivity index (χ0n) is 9.77. The summed E-state index contributed by atoms with van der Waals surface area (Å²) < 4.78 is 9.68. The maximum Gasteiger partial charge on any atom is 0.330 e. The average molecular weight is 224 g/mol. The Bertz CT molecular complexity index is 371. The molecule has 0 radical (unpaired) electrons. The van der Waals surface area contributed by atoms with Gasteiger partial charge in [0, 0.05) is 18.1 Å². The normalized spacial score (nSPS) is 12.9. The second kappa shape index (κ2) is 6.05. The summed E-state index contributed by atoms with van der Waals surface area (Å²) in [6.07, 6.45) is 3.68. The van der Waals surface area contributed by atoms with Crippen molar-refractivity contribution in [2.24, 2.45) is 0 Å². The molecule has 0 saturated carbocycles. The predicted octanol–water partition coefficient (Wildman–Crippen LogP) is 2.16. The number of aromatic nitrogens is 2. The van der Waals surface area contributed by atoms with Gasteiger partial charge in [-0.2, -0.15) is 4.98 Å². The van der Waals surface area contributed by atoms with Crippen LogP contribution in [0.1, 0.15) is 44.8 Å². The van der Waals surface area contributed by atoms with Gasteiger partial charge in [-0.1, -0.05) is 19.0 Å². The van der Waals surface area contributed by atoms with Crippen molar-refractivity contribution < 1.29 is 14.1 Å². The molecule has 1 aromatic heterocycles. The Balaban J connectivity index is 2.61. The van der Waals surface area contributed by atoms with Crippen LogP contribution in [0.2, 0.25) is 0 Å². The third-order valence-electron chi connectivity index (χ3n) is 2.16. The fourth-order valence-electron chi connectivity index (χ4n) is 1.03. The van der Waals surface area contributed by atoms with Gasteiger partial charge in [0.05, 0.1) is 6.61 Å². The molecule has 0 amide bonds. The van der Waals surface area contributed by atoms with E-state index >= 15 is 0 Å². The molecule has 1 aromatic rings. The Morgan fingerprint density at radius 1 is 1.56 bits per heavy atom. The Kier molecular flexibility index (Phi) is 4.69. The van der Waals surface area contributed by atoms with Crippen LogP contribution in [0.4, 0.5) is 0 Å². The van der Waals surface area contributed by atoms with Crippen molar-refractivity contribution in [1.82, 2.24) is 10.1 Å². The summed E-state index contributed by atoms with van der Waals surface area (Å²) in [4.78, 5) is 15.2. The van der Waals surface area contributed by atoms with Gasteiger partial charge in [0.15, 0.2) is 5.82 Å². The molecule has 0 aliphatic carbocycles. The van der Waals surface area contributed by atoms with Crippen molar-refractivity contribution in [3.8, 4) is 0 Å². The first-order chi connectivity index (χ1) is 7.67. The maximum atomic E-state index is 11.0. The molecule has 1 heterocycles. The summed E-state index contributed by atoms with van der Waals surface area (Å²) in [5.41, 5.74) is 0. The SMILES string of the molecule is CCOC(=O)/C=C/c1nc(C(C)CC)no1. The van der Waals surface area contributed by atoms with Gasteiger partial charge in [-0.3, -0.25) is 0 Å². The van der Waals surface area contributed by atoms with Crippen LogP contribution in [-0.4, -0.2) is 22.7 Å². The lowest BCUT2D eigenvalue weighted by atomic mass is 10.1. The summed E-state index contributed by atoms with van der Waals surface area (Å²) in [5, 5.41) is 3.82. The van der Waals surface area contributed by atoms with Gasteiger partial charge >= 0.3 is 5.97 Å². The molecule has 0 aromatic carbocycles.